The average Bonchev–Trinajstić information content (AvgIpc) is 3.55. The molecule has 16 nitrogen and oxygen atoms in total. The number of rotatable bonds is 67. The van der Waals surface area contributed by atoms with Gasteiger partial charge in [0.15, 0.2) is 0 Å². The number of hydrogen-bond donors (Lipinski definition) is 4. The van der Waals surface area contributed by atoms with E-state index in [-0.39, 0.29) is 61.7 Å². The Morgan fingerprint density at radius 3 is 0.791 bits per heavy atom. The smallest absolute Gasteiger partial charge is 0.320 e. The lowest BCUT2D eigenvalue weighted by Crippen LogP contribution is -2.44. The number of ether oxygens (including phenoxy) is 2. The van der Waals surface area contributed by atoms with Gasteiger partial charge in [0.2, 0.25) is 23.6 Å². The molecule has 0 aliphatic heterocycles. The fourth-order valence-electron chi connectivity index (χ4n) is 10.7. The van der Waals surface area contributed by atoms with Gasteiger partial charge in [-0.2, -0.15) is 0 Å². The molecule has 0 fully saturated rings. The van der Waals surface area contributed by atoms with Crippen LogP contribution in [0.15, 0.2) is 0 Å². The second-order valence-corrected chi connectivity index (χ2v) is 25.1. The summed E-state index contributed by atoms with van der Waals surface area (Å²) in [5.41, 5.74) is 0. The molecule has 0 atom stereocenters. The zero-order valence-corrected chi connectivity index (χ0v) is 57.1. The van der Waals surface area contributed by atoms with E-state index in [1.807, 2.05) is 14.1 Å². The van der Waals surface area contributed by atoms with Crippen molar-refractivity contribution in [3.05, 3.63) is 0 Å². The van der Waals surface area contributed by atoms with E-state index in [1.54, 1.807) is 9.80 Å². The third-order valence-corrected chi connectivity index (χ3v) is 16.5. The van der Waals surface area contributed by atoms with Crippen molar-refractivity contribution >= 4 is 35.6 Å². The van der Waals surface area contributed by atoms with Crippen LogP contribution in [0.5, 0.6) is 0 Å². The molecule has 0 bridgehead atoms. The van der Waals surface area contributed by atoms with E-state index >= 15 is 0 Å². The second kappa shape index (κ2) is 64.6. The first-order valence-corrected chi connectivity index (χ1v) is 36.1. The van der Waals surface area contributed by atoms with Gasteiger partial charge in [-0.15, -0.1) is 0 Å². The molecule has 86 heavy (non-hydrogen) atoms. The highest BCUT2D eigenvalue weighted by molar-refractivity contribution is 5.80. The van der Waals surface area contributed by atoms with Crippen LogP contribution in [-0.4, -0.2) is 174 Å². The van der Waals surface area contributed by atoms with Gasteiger partial charge in [0.25, 0.3) is 0 Å². The molecule has 0 unspecified atom stereocenters. The Balaban J connectivity index is 4.87. The quantitative estimate of drug-likeness (QED) is 0.0335. The lowest BCUT2D eigenvalue weighted by molar-refractivity contribution is -0.146. The molecule has 0 radical (unpaired) electrons. The van der Waals surface area contributed by atoms with Crippen LogP contribution in [0, 0.1) is 0 Å². The molecule has 506 valence electrons. The van der Waals surface area contributed by atoms with Gasteiger partial charge in [-0.25, -0.2) is 0 Å². The van der Waals surface area contributed by atoms with Crippen molar-refractivity contribution in [1.29, 1.82) is 0 Å². The molecular formula is C70H138N8O8. The largest absolute Gasteiger partial charge is 0.465 e. The third-order valence-electron chi connectivity index (χ3n) is 16.5. The maximum atomic E-state index is 13.0. The van der Waals surface area contributed by atoms with Gasteiger partial charge in [-0.3, -0.25) is 38.6 Å². The summed E-state index contributed by atoms with van der Waals surface area (Å²) in [6.07, 6.45) is 49.3. The molecule has 0 rings (SSSR count). The standard InChI is InChI=1S/C70H138N8O8/c1-7-11-15-19-23-27-31-35-39-43-49-71-67(81)61-77(63-69(83)85-59-45-41-37-33-29-25-21-17-13-9-3)55-51-73-65(79)47-53-75(5)57-58-76(6)54-48-66(80)74-52-56-78(62-68(82)72-50-44-40-36-32-28-24-20-16-12-8-2)64-70(84)86-60-46-42-38-34-30-26-22-18-14-10-4/h7-64H2,1-6H3,(H,71,81)(H,72,82)(H,73,79)(H,74,80). The number of unbranched alkanes of at least 4 members (excludes halogenated alkanes) is 36. The number of carbonyl (C=O) groups excluding carboxylic acids is 6. The molecule has 0 saturated carbocycles. The highest BCUT2D eigenvalue weighted by Gasteiger charge is 2.18. The van der Waals surface area contributed by atoms with Gasteiger partial charge in [-0.1, -0.05) is 259 Å². The van der Waals surface area contributed by atoms with Crippen LogP contribution in [0.25, 0.3) is 0 Å². The lowest BCUT2D eigenvalue weighted by atomic mass is 10.1. The van der Waals surface area contributed by atoms with E-state index in [4.69, 9.17) is 9.47 Å². The first-order valence-electron chi connectivity index (χ1n) is 36.1. The fourth-order valence-corrected chi connectivity index (χ4v) is 10.7. The van der Waals surface area contributed by atoms with E-state index in [2.05, 4.69) is 58.8 Å². The molecular weight excluding hydrogens is 1080 g/mol. The minimum absolute atomic E-state index is 0.00691. The Kier molecular flexibility index (Phi) is 62.1. The Morgan fingerprint density at radius 2 is 0.512 bits per heavy atom. The zero-order chi connectivity index (χ0) is 63.0. The van der Waals surface area contributed by atoms with Gasteiger partial charge in [0.05, 0.1) is 39.4 Å². The van der Waals surface area contributed by atoms with Crippen LogP contribution in [0.3, 0.4) is 0 Å². The predicted octanol–water partition coefficient (Wildman–Crippen LogP) is 13.5. The van der Waals surface area contributed by atoms with Crippen molar-refractivity contribution in [1.82, 2.24) is 40.9 Å². The molecule has 16 heteroatoms. The van der Waals surface area contributed by atoms with E-state index in [9.17, 15) is 28.8 Å². The number of esters is 2. The molecule has 0 aliphatic carbocycles. The Labute approximate surface area is 528 Å². The van der Waals surface area contributed by atoms with Crippen LogP contribution >= 0.6 is 0 Å². The molecule has 0 aromatic carbocycles. The van der Waals surface area contributed by atoms with Crippen LogP contribution in [-0.2, 0) is 38.2 Å². The summed E-state index contributed by atoms with van der Waals surface area (Å²) < 4.78 is 11.2. The van der Waals surface area contributed by atoms with Gasteiger partial charge in [0.1, 0.15) is 0 Å². The Morgan fingerprint density at radius 1 is 0.267 bits per heavy atom. The summed E-state index contributed by atoms with van der Waals surface area (Å²) in [7, 11) is 3.95. The van der Waals surface area contributed by atoms with Gasteiger partial charge in [0, 0.05) is 78.3 Å². The number of nitrogens with zero attached hydrogens (tertiary/aromatic N) is 4. The average molecular weight is 1220 g/mol. The Bertz CT molecular complexity index is 1380. The summed E-state index contributed by atoms with van der Waals surface area (Å²) in [5.74, 6) is -1.13. The van der Waals surface area contributed by atoms with Crippen molar-refractivity contribution in [3.63, 3.8) is 0 Å². The number of amides is 4. The van der Waals surface area contributed by atoms with Gasteiger partial charge in [-0.05, 0) is 39.8 Å². The second-order valence-electron chi connectivity index (χ2n) is 25.1. The van der Waals surface area contributed by atoms with Crippen molar-refractivity contribution in [2.45, 2.75) is 297 Å². The summed E-state index contributed by atoms with van der Waals surface area (Å²) in [4.78, 5) is 85.7. The van der Waals surface area contributed by atoms with Crippen LogP contribution < -0.4 is 21.3 Å². The monoisotopic (exact) mass is 1220 g/mol. The first-order chi connectivity index (χ1) is 41.9. The highest BCUT2D eigenvalue weighted by Crippen LogP contribution is 2.14. The number of nitrogens with one attached hydrogen (secondary N) is 4. The molecule has 0 aliphatic rings. The van der Waals surface area contributed by atoms with E-state index in [1.165, 1.54) is 193 Å². The van der Waals surface area contributed by atoms with Crippen LogP contribution in [0.2, 0.25) is 0 Å². The topological polar surface area (TPSA) is 182 Å². The molecule has 0 heterocycles. The summed E-state index contributed by atoms with van der Waals surface area (Å²) in [6.45, 7) is 14.9. The zero-order valence-electron chi connectivity index (χ0n) is 57.1. The maximum absolute atomic E-state index is 13.0. The van der Waals surface area contributed by atoms with Gasteiger partial charge >= 0.3 is 11.9 Å². The molecule has 4 amide bonds. The normalized spacial score (nSPS) is 11.5. The molecule has 0 saturated heterocycles. The first kappa shape index (κ1) is 82.7. The summed E-state index contributed by atoms with van der Waals surface area (Å²) in [6, 6.07) is 0. The van der Waals surface area contributed by atoms with Crippen molar-refractivity contribution in [3.8, 4) is 0 Å². The van der Waals surface area contributed by atoms with Crippen LogP contribution in [0.4, 0.5) is 0 Å². The lowest BCUT2D eigenvalue weighted by Gasteiger charge is -2.23. The van der Waals surface area contributed by atoms with E-state index in [0.717, 1.165) is 64.2 Å². The molecule has 0 aromatic rings. The van der Waals surface area contributed by atoms with Crippen LogP contribution in [0.1, 0.15) is 297 Å². The van der Waals surface area contributed by atoms with E-state index in [0.29, 0.717) is 91.5 Å². The minimum atomic E-state index is -0.346. The number of hydrogen-bond acceptors (Lipinski definition) is 12. The van der Waals surface area contributed by atoms with Crippen molar-refractivity contribution in [2.75, 3.05) is 119 Å². The summed E-state index contributed by atoms with van der Waals surface area (Å²) >= 11 is 0. The third kappa shape index (κ3) is 60.9. The molecule has 4 N–H and O–H groups in total. The van der Waals surface area contributed by atoms with Crippen molar-refractivity contribution in [2.24, 2.45) is 0 Å². The maximum Gasteiger partial charge on any atom is 0.320 e. The highest BCUT2D eigenvalue weighted by atomic mass is 16.5. The van der Waals surface area contributed by atoms with Gasteiger partial charge < -0.3 is 40.5 Å². The predicted molar refractivity (Wildman–Crippen MR) is 358 cm³/mol. The minimum Gasteiger partial charge on any atom is -0.465 e. The molecule has 0 spiro atoms. The number of carbonyl (C=O) groups is 6. The molecule has 0 aromatic heterocycles. The fraction of sp³-hybridized carbons (Fsp3) is 0.914. The Hall–Kier alpha value is -3.34. The number of likely N-dealkylation sites (N-methyl/N-ethyl adjacent to an activating group) is 2. The SMILES string of the molecule is CCCCCCCCCCCCNC(=O)CN(CCNC(=O)CCN(C)CCN(C)CCC(=O)NCCN(CC(=O)NCCCCCCCCCCCC)CC(=O)OCCCCCCCCCCCC)CC(=O)OCCCCCCCCCCCC. The van der Waals surface area contributed by atoms with Crippen molar-refractivity contribution < 1.29 is 38.2 Å². The van der Waals surface area contributed by atoms with E-state index < -0.39 is 0 Å². The summed E-state index contributed by atoms with van der Waals surface area (Å²) in [5, 5.41) is 12.1.